The van der Waals surface area contributed by atoms with Crippen molar-refractivity contribution in [3.63, 3.8) is 0 Å². The van der Waals surface area contributed by atoms with E-state index in [1.165, 1.54) is 30.6 Å². The quantitative estimate of drug-likeness (QED) is 0.698. The Morgan fingerprint density at radius 2 is 1.84 bits per heavy atom. The fourth-order valence-electron chi connectivity index (χ4n) is 2.02. The summed E-state index contributed by atoms with van der Waals surface area (Å²) >= 11 is 5.77. The van der Waals surface area contributed by atoms with Crippen LogP contribution in [0.3, 0.4) is 0 Å². The number of halogens is 1. The van der Waals surface area contributed by atoms with Gasteiger partial charge in [-0.1, -0.05) is 11.6 Å². The summed E-state index contributed by atoms with van der Waals surface area (Å²) in [5, 5.41) is 7.58. The molecular formula is C14H17ClN4O4S2. The van der Waals surface area contributed by atoms with Crippen molar-refractivity contribution in [1.82, 2.24) is 9.97 Å². The van der Waals surface area contributed by atoms with Gasteiger partial charge in [-0.25, -0.2) is 31.9 Å². The Kier molecular flexibility index (Phi) is 5.67. The lowest BCUT2D eigenvalue weighted by molar-refractivity contribution is 0.585. The van der Waals surface area contributed by atoms with Crippen molar-refractivity contribution in [2.24, 2.45) is 5.14 Å². The molecule has 0 atom stereocenters. The van der Waals surface area contributed by atoms with E-state index in [4.69, 9.17) is 16.7 Å². The van der Waals surface area contributed by atoms with Gasteiger partial charge >= 0.3 is 0 Å². The molecule has 0 saturated heterocycles. The normalized spacial score (nSPS) is 12.4. The van der Waals surface area contributed by atoms with Gasteiger partial charge < -0.3 is 5.32 Å². The van der Waals surface area contributed by atoms with Gasteiger partial charge in [-0.2, -0.15) is 0 Å². The van der Waals surface area contributed by atoms with Crippen LogP contribution in [0.25, 0.3) is 0 Å². The Bertz CT molecular complexity index is 992. The number of sulfone groups is 1. The Labute approximate surface area is 151 Å². The first kappa shape index (κ1) is 19.6. The summed E-state index contributed by atoms with van der Waals surface area (Å²) in [7, 11) is -7.58. The third-order valence-electron chi connectivity index (χ3n) is 3.38. The van der Waals surface area contributed by atoms with Crippen molar-refractivity contribution in [2.45, 2.75) is 35.4 Å². The van der Waals surface area contributed by atoms with Crippen LogP contribution in [0.5, 0.6) is 0 Å². The average Bonchev–Trinajstić information content (AvgIpc) is 2.51. The molecule has 2 aromatic rings. The highest BCUT2D eigenvalue weighted by molar-refractivity contribution is 7.92. The summed E-state index contributed by atoms with van der Waals surface area (Å²) in [4.78, 5) is 7.55. The number of anilines is 1. The molecule has 0 radical (unpaired) electrons. The zero-order chi connectivity index (χ0) is 18.8. The number of nitrogens with zero attached hydrogens (tertiary/aromatic N) is 2. The third kappa shape index (κ3) is 4.66. The molecule has 0 aliphatic heterocycles. The van der Waals surface area contributed by atoms with Gasteiger partial charge in [0.2, 0.25) is 10.0 Å². The highest BCUT2D eigenvalue weighted by atomic mass is 35.5. The Morgan fingerprint density at radius 1 is 1.16 bits per heavy atom. The Hall–Kier alpha value is -1.75. The average molecular weight is 405 g/mol. The molecule has 0 saturated carbocycles. The van der Waals surface area contributed by atoms with Crippen molar-refractivity contribution >= 4 is 37.3 Å². The fraction of sp³-hybridized carbons (Fsp3) is 0.286. The van der Waals surface area contributed by atoms with E-state index in [1.54, 1.807) is 13.8 Å². The molecular weight excluding hydrogens is 388 g/mol. The van der Waals surface area contributed by atoms with E-state index in [2.05, 4.69) is 15.3 Å². The molecule has 0 aliphatic carbocycles. The molecule has 0 aliphatic rings. The maximum absolute atomic E-state index is 12.5. The van der Waals surface area contributed by atoms with Crippen LogP contribution in [-0.4, -0.2) is 32.1 Å². The predicted molar refractivity (Wildman–Crippen MR) is 94.5 cm³/mol. The molecule has 0 amide bonds. The first-order chi connectivity index (χ1) is 11.5. The van der Waals surface area contributed by atoms with Gasteiger partial charge in [0.1, 0.15) is 17.3 Å². The number of nitrogens with two attached hydrogens (primary N) is 1. The lowest BCUT2D eigenvalue weighted by atomic mass is 10.2. The number of aromatic nitrogens is 2. The largest absolute Gasteiger partial charge is 0.366 e. The fourth-order valence-corrected chi connectivity index (χ4v) is 3.99. The highest BCUT2D eigenvalue weighted by Gasteiger charge is 2.24. The number of hydrogen-bond acceptors (Lipinski definition) is 7. The monoisotopic (exact) mass is 404 g/mol. The second-order valence-electron chi connectivity index (χ2n) is 5.49. The molecule has 8 nitrogen and oxygen atoms in total. The number of benzene rings is 1. The summed E-state index contributed by atoms with van der Waals surface area (Å²) in [5.74, 6) is 0.369. The van der Waals surface area contributed by atoms with Crippen LogP contribution in [0.1, 0.15) is 19.4 Å². The van der Waals surface area contributed by atoms with Crippen molar-refractivity contribution in [3.05, 3.63) is 41.3 Å². The Morgan fingerprint density at radius 3 is 2.40 bits per heavy atom. The van der Waals surface area contributed by atoms with E-state index < -0.39 is 25.1 Å². The molecule has 11 heteroatoms. The summed E-state index contributed by atoms with van der Waals surface area (Å²) in [6, 6.07) is 5.12. The highest BCUT2D eigenvalue weighted by Crippen LogP contribution is 2.24. The van der Waals surface area contributed by atoms with Crippen LogP contribution in [0.2, 0.25) is 5.15 Å². The van der Waals surface area contributed by atoms with Gasteiger partial charge in [-0.05, 0) is 37.6 Å². The van der Waals surface area contributed by atoms with E-state index in [0.717, 1.165) is 0 Å². The standard InChI is InChI=1S/C14H17ClN4O4S2/c1-9(2)24(20,21)12-4-3-11(25(16,22)23)5-10(12)7-17-14-6-13(15)18-8-19-14/h3-6,8-9H,7H2,1-2H3,(H2,16,22,23)(H,17,18,19). The van der Waals surface area contributed by atoms with Gasteiger partial charge in [0.25, 0.3) is 0 Å². The first-order valence-electron chi connectivity index (χ1n) is 7.13. The van der Waals surface area contributed by atoms with Crippen LogP contribution in [0, 0.1) is 0 Å². The van der Waals surface area contributed by atoms with Crippen molar-refractivity contribution in [1.29, 1.82) is 0 Å². The molecule has 2 rings (SSSR count). The van der Waals surface area contributed by atoms with Crippen LogP contribution >= 0.6 is 11.6 Å². The maximum atomic E-state index is 12.5. The summed E-state index contributed by atoms with van der Waals surface area (Å²) in [5.41, 5.74) is 0.259. The summed E-state index contributed by atoms with van der Waals surface area (Å²) in [6.07, 6.45) is 1.25. The molecule has 0 fully saturated rings. The van der Waals surface area contributed by atoms with E-state index in [-0.39, 0.29) is 27.1 Å². The Balaban J connectivity index is 2.48. The number of hydrogen-bond donors (Lipinski definition) is 2. The molecule has 136 valence electrons. The molecule has 3 N–H and O–H groups in total. The molecule has 0 bridgehead atoms. The predicted octanol–water partition coefficient (Wildman–Crippen LogP) is 1.57. The second-order valence-corrected chi connectivity index (χ2v) is 9.91. The molecule has 1 aromatic carbocycles. The van der Waals surface area contributed by atoms with E-state index in [1.807, 2.05) is 0 Å². The third-order valence-corrected chi connectivity index (χ3v) is 6.75. The van der Waals surface area contributed by atoms with Gasteiger partial charge in [-0.15, -0.1) is 0 Å². The number of rotatable bonds is 6. The smallest absolute Gasteiger partial charge is 0.238 e. The van der Waals surface area contributed by atoms with Crippen molar-refractivity contribution in [3.8, 4) is 0 Å². The van der Waals surface area contributed by atoms with E-state index in [9.17, 15) is 16.8 Å². The zero-order valence-electron chi connectivity index (χ0n) is 13.5. The van der Waals surface area contributed by atoms with Gasteiger partial charge in [0.05, 0.1) is 15.0 Å². The van der Waals surface area contributed by atoms with Crippen molar-refractivity contribution < 1.29 is 16.8 Å². The molecule has 25 heavy (non-hydrogen) atoms. The van der Waals surface area contributed by atoms with Crippen LogP contribution in [-0.2, 0) is 26.4 Å². The van der Waals surface area contributed by atoms with Gasteiger partial charge in [0.15, 0.2) is 9.84 Å². The van der Waals surface area contributed by atoms with E-state index >= 15 is 0 Å². The minimum Gasteiger partial charge on any atom is -0.366 e. The lowest BCUT2D eigenvalue weighted by Gasteiger charge is -2.15. The SMILES string of the molecule is CC(C)S(=O)(=O)c1ccc(S(N)(=O)=O)cc1CNc1cc(Cl)ncn1. The minimum absolute atomic E-state index is 0.0119. The number of primary sulfonamides is 1. The molecule has 0 unspecified atom stereocenters. The zero-order valence-corrected chi connectivity index (χ0v) is 15.9. The van der Waals surface area contributed by atoms with Gasteiger partial charge in [0, 0.05) is 12.6 Å². The molecule has 1 heterocycles. The van der Waals surface area contributed by atoms with Crippen LogP contribution < -0.4 is 10.5 Å². The number of sulfonamides is 1. The lowest BCUT2D eigenvalue weighted by Crippen LogP contribution is -2.19. The van der Waals surface area contributed by atoms with Crippen LogP contribution in [0.4, 0.5) is 5.82 Å². The topological polar surface area (TPSA) is 132 Å². The maximum Gasteiger partial charge on any atom is 0.238 e. The second kappa shape index (κ2) is 7.24. The summed E-state index contributed by atoms with van der Waals surface area (Å²) < 4.78 is 48.2. The number of nitrogens with one attached hydrogen (secondary N) is 1. The molecule has 0 spiro atoms. The van der Waals surface area contributed by atoms with E-state index in [0.29, 0.717) is 5.82 Å². The van der Waals surface area contributed by atoms with Crippen molar-refractivity contribution in [2.75, 3.05) is 5.32 Å². The summed E-state index contributed by atoms with van der Waals surface area (Å²) in [6.45, 7) is 3.10. The van der Waals surface area contributed by atoms with Gasteiger partial charge in [-0.3, -0.25) is 0 Å². The minimum atomic E-state index is -3.97. The first-order valence-corrected chi connectivity index (χ1v) is 10.6. The molecule has 1 aromatic heterocycles. The van der Waals surface area contributed by atoms with Crippen LogP contribution in [0.15, 0.2) is 40.4 Å².